The van der Waals surface area contributed by atoms with Crippen LogP contribution in [0.4, 0.5) is 11.6 Å². The second kappa shape index (κ2) is 5.25. The molecule has 20 heavy (non-hydrogen) atoms. The van der Waals surface area contributed by atoms with Gasteiger partial charge in [-0.3, -0.25) is 0 Å². The van der Waals surface area contributed by atoms with Crippen molar-refractivity contribution in [3.63, 3.8) is 0 Å². The number of aryl methyl sites for hydroxylation is 1. The van der Waals surface area contributed by atoms with Gasteiger partial charge in [0.2, 0.25) is 0 Å². The molecule has 1 aromatic rings. The Bertz CT molecular complexity index is 585. The van der Waals surface area contributed by atoms with Crippen LogP contribution in [0.5, 0.6) is 0 Å². The summed E-state index contributed by atoms with van der Waals surface area (Å²) in [5, 5.41) is 7.81. The number of anilines is 2. The zero-order chi connectivity index (χ0) is 15.1. The topological polar surface area (TPSA) is 93.2 Å². The van der Waals surface area contributed by atoms with Crippen molar-refractivity contribution in [1.82, 2.24) is 15.1 Å². The van der Waals surface area contributed by atoms with Gasteiger partial charge in [-0.25, -0.2) is 13.1 Å². The molecule has 0 saturated carbocycles. The average Bonchev–Trinajstić information content (AvgIpc) is 2.64. The quantitative estimate of drug-likeness (QED) is 0.821. The largest absolute Gasteiger partial charge is 0.383 e. The Morgan fingerprint density at radius 2 is 1.90 bits per heavy atom. The average molecular weight is 301 g/mol. The standard InChI is InChI=1S/C12H23N5O2S/c1-5-17-11(13)10(20(4,18)19)12(15-17)16-6-8(2)14-9(3)7-16/h8-9,14H,5-7,13H2,1-4H3. The number of aromatic nitrogens is 2. The fraction of sp³-hybridized carbons (Fsp3) is 0.750. The van der Waals surface area contributed by atoms with Crippen LogP contribution in [-0.4, -0.2) is 49.6 Å². The maximum atomic E-state index is 12.0. The second-order valence-corrected chi connectivity index (χ2v) is 7.45. The number of nitrogens with one attached hydrogen (secondary N) is 1. The third-order valence-electron chi connectivity index (χ3n) is 3.46. The third kappa shape index (κ3) is 2.76. The van der Waals surface area contributed by atoms with Crippen LogP contribution < -0.4 is 16.0 Å². The van der Waals surface area contributed by atoms with Crippen LogP contribution in [0, 0.1) is 0 Å². The Morgan fingerprint density at radius 1 is 1.35 bits per heavy atom. The number of nitrogen functional groups attached to an aromatic ring is 1. The zero-order valence-corrected chi connectivity index (χ0v) is 13.2. The molecule has 1 aliphatic rings. The van der Waals surface area contributed by atoms with E-state index < -0.39 is 9.84 Å². The van der Waals surface area contributed by atoms with Crippen LogP contribution in [0.1, 0.15) is 20.8 Å². The van der Waals surface area contributed by atoms with Gasteiger partial charge < -0.3 is 16.0 Å². The number of hydrogen-bond acceptors (Lipinski definition) is 6. The number of sulfone groups is 1. The molecule has 1 aliphatic heterocycles. The minimum Gasteiger partial charge on any atom is -0.383 e. The SMILES string of the molecule is CCn1nc(N2CC(C)NC(C)C2)c(S(C)(=O)=O)c1N. The highest BCUT2D eigenvalue weighted by Crippen LogP contribution is 2.31. The van der Waals surface area contributed by atoms with Crippen LogP contribution in [-0.2, 0) is 16.4 Å². The Hall–Kier alpha value is -1.28. The first-order valence-corrected chi connectivity index (χ1v) is 8.70. The number of nitrogens with zero attached hydrogens (tertiary/aromatic N) is 3. The van der Waals surface area contributed by atoms with Crippen molar-refractivity contribution in [1.29, 1.82) is 0 Å². The molecule has 2 atom stereocenters. The Kier molecular flexibility index (Phi) is 3.97. The molecule has 1 aromatic heterocycles. The molecule has 3 N–H and O–H groups in total. The lowest BCUT2D eigenvalue weighted by Crippen LogP contribution is -2.54. The first-order valence-electron chi connectivity index (χ1n) is 6.81. The van der Waals surface area contributed by atoms with Crippen molar-refractivity contribution < 1.29 is 8.42 Å². The van der Waals surface area contributed by atoms with Crippen molar-refractivity contribution >= 4 is 21.5 Å². The molecule has 114 valence electrons. The van der Waals surface area contributed by atoms with E-state index >= 15 is 0 Å². The Labute approximate surface area is 120 Å². The molecule has 7 nitrogen and oxygen atoms in total. The molecular formula is C12H23N5O2S. The molecule has 1 saturated heterocycles. The molecule has 1 fully saturated rings. The zero-order valence-electron chi connectivity index (χ0n) is 12.4. The fourth-order valence-corrected chi connectivity index (χ4v) is 3.74. The lowest BCUT2D eigenvalue weighted by atomic mass is 10.1. The number of hydrogen-bond donors (Lipinski definition) is 2. The van der Waals surface area contributed by atoms with Crippen molar-refractivity contribution in [2.24, 2.45) is 0 Å². The van der Waals surface area contributed by atoms with Gasteiger partial charge in [-0.2, -0.15) is 5.10 Å². The molecule has 0 bridgehead atoms. The molecular weight excluding hydrogens is 278 g/mol. The summed E-state index contributed by atoms with van der Waals surface area (Å²) in [7, 11) is -3.41. The second-order valence-electron chi connectivity index (χ2n) is 5.50. The summed E-state index contributed by atoms with van der Waals surface area (Å²) < 4.78 is 25.6. The molecule has 0 radical (unpaired) electrons. The molecule has 2 unspecified atom stereocenters. The van der Waals surface area contributed by atoms with E-state index in [1.165, 1.54) is 6.26 Å². The molecule has 8 heteroatoms. The lowest BCUT2D eigenvalue weighted by molar-refractivity contribution is 0.403. The summed E-state index contributed by atoms with van der Waals surface area (Å²) in [6.07, 6.45) is 1.18. The summed E-state index contributed by atoms with van der Waals surface area (Å²) in [4.78, 5) is 2.16. The van der Waals surface area contributed by atoms with Gasteiger partial charge in [-0.05, 0) is 20.8 Å². The summed E-state index contributed by atoms with van der Waals surface area (Å²) in [5.41, 5.74) is 5.96. The molecule has 2 rings (SSSR count). The van der Waals surface area contributed by atoms with Crippen molar-refractivity contribution in [2.45, 2.75) is 44.3 Å². The summed E-state index contributed by atoms with van der Waals surface area (Å²) in [6, 6.07) is 0.554. The van der Waals surface area contributed by atoms with Crippen LogP contribution in [0.25, 0.3) is 0 Å². The van der Waals surface area contributed by atoms with Gasteiger partial charge in [-0.1, -0.05) is 0 Å². The first kappa shape index (κ1) is 15.1. The predicted molar refractivity (Wildman–Crippen MR) is 79.7 cm³/mol. The normalized spacial score (nSPS) is 24.1. The Balaban J connectivity index is 2.50. The monoisotopic (exact) mass is 301 g/mol. The molecule has 0 spiro atoms. The number of nitrogens with two attached hydrogens (primary N) is 1. The van der Waals surface area contributed by atoms with E-state index in [0.717, 1.165) is 0 Å². The van der Waals surface area contributed by atoms with E-state index in [9.17, 15) is 8.42 Å². The van der Waals surface area contributed by atoms with Gasteiger partial charge in [0.1, 0.15) is 5.82 Å². The van der Waals surface area contributed by atoms with Gasteiger partial charge in [0, 0.05) is 38.0 Å². The maximum Gasteiger partial charge on any atom is 0.182 e. The summed E-state index contributed by atoms with van der Waals surface area (Å²) >= 11 is 0. The van der Waals surface area contributed by atoms with E-state index in [-0.39, 0.29) is 22.8 Å². The van der Waals surface area contributed by atoms with E-state index in [1.54, 1.807) is 4.68 Å². The van der Waals surface area contributed by atoms with Crippen LogP contribution >= 0.6 is 0 Å². The summed E-state index contributed by atoms with van der Waals surface area (Å²) in [5.74, 6) is 0.705. The first-order chi connectivity index (χ1) is 9.24. The van der Waals surface area contributed by atoms with Crippen LogP contribution in [0.3, 0.4) is 0 Å². The van der Waals surface area contributed by atoms with E-state index in [1.807, 2.05) is 11.8 Å². The van der Waals surface area contributed by atoms with Gasteiger partial charge in [0.05, 0.1) is 0 Å². The van der Waals surface area contributed by atoms with Gasteiger partial charge in [-0.15, -0.1) is 0 Å². The third-order valence-corrected chi connectivity index (χ3v) is 4.59. The number of rotatable bonds is 3. The summed E-state index contributed by atoms with van der Waals surface area (Å²) in [6.45, 7) is 8.01. The fourth-order valence-electron chi connectivity index (χ4n) is 2.75. The molecule has 0 amide bonds. The van der Waals surface area contributed by atoms with Gasteiger partial charge >= 0.3 is 0 Å². The van der Waals surface area contributed by atoms with Crippen molar-refractivity contribution in [2.75, 3.05) is 30.0 Å². The van der Waals surface area contributed by atoms with Crippen molar-refractivity contribution in [3.8, 4) is 0 Å². The molecule has 2 heterocycles. The van der Waals surface area contributed by atoms with Crippen LogP contribution in [0.2, 0.25) is 0 Å². The molecule has 0 aliphatic carbocycles. The highest BCUT2D eigenvalue weighted by molar-refractivity contribution is 7.91. The maximum absolute atomic E-state index is 12.0. The van der Waals surface area contributed by atoms with Gasteiger partial charge in [0.15, 0.2) is 20.6 Å². The Morgan fingerprint density at radius 3 is 2.35 bits per heavy atom. The molecule has 0 aromatic carbocycles. The van der Waals surface area contributed by atoms with Gasteiger partial charge in [0.25, 0.3) is 0 Å². The smallest absolute Gasteiger partial charge is 0.182 e. The highest BCUT2D eigenvalue weighted by Gasteiger charge is 2.31. The predicted octanol–water partition coefficient (Wildman–Crippen LogP) is 0.0753. The van der Waals surface area contributed by atoms with E-state index in [2.05, 4.69) is 24.3 Å². The van der Waals surface area contributed by atoms with Crippen molar-refractivity contribution in [3.05, 3.63) is 0 Å². The highest BCUT2D eigenvalue weighted by atomic mass is 32.2. The minimum absolute atomic E-state index is 0.153. The minimum atomic E-state index is -3.41. The van der Waals surface area contributed by atoms with E-state index in [0.29, 0.717) is 25.5 Å². The van der Waals surface area contributed by atoms with E-state index in [4.69, 9.17) is 5.73 Å². The number of piperazine rings is 1. The van der Waals surface area contributed by atoms with Crippen LogP contribution in [0.15, 0.2) is 4.90 Å². The lowest BCUT2D eigenvalue weighted by Gasteiger charge is -2.36.